The van der Waals surface area contributed by atoms with Crippen LogP contribution in [0.3, 0.4) is 0 Å². The van der Waals surface area contributed by atoms with Crippen LogP contribution in [0.5, 0.6) is 0 Å². The lowest BCUT2D eigenvalue weighted by molar-refractivity contribution is -0.120. The number of amides is 1. The van der Waals surface area contributed by atoms with Gasteiger partial charge in [-0.25, -0.2) is 0 Å². The van der Waals surface area contributed by atoms with E-state index in [1.165, 1.54) is 0 Å². The number of nitrogens with one attached hydrogen (secondary N) is 1. The number of rotatable bonds is 8. The summed E-state index contributed by atoms with van der Waals surface area (Å²) in [7, 11) is 0. The predicted octanol–water partition coefficient (Wildman–Crippen LogP) is 1.76. The molecule has 4 nitrogen and oxygen atoms in total. The molecule has 1 rings (SSSR count). The van der Waals surface area contributed by atoms with Crippen LogP contribution in [0, 0.1) is 13.8 Å². The highest BCUT2D eigenvalue weighted by molar-refractivity contribution is 5.82. The average Bonchev–Trinajstić information content (AvgIpc) is 2.42. The molecular weight excluding hydrogens is 250 g/mol. The van der Waals surface area contributed by atoms with Crippen molar-refractivity contribution in [3.8, 4) is 0 Å². The van der Waals surface area contributed by atoms with Crippen LogP contribution in [-0.4, -0.2) is 37.0 Å². The van der Waals surface area contributed by atoms with E-state index in [-0.39, 0.29) is 5.91 Å². The molecule has 0 radical (unpaired) electrons. The van der Waals surface area contributed by atoms with Crippen molar-refractivity contribution in [3.63, 3.8) is 0 Å². The van der Waals surface area contributed by atoms with Gasteiger partial charge in [0.2, 0.25) is 5.91 Å². The molecule has 0 aliphatic rings. The van der Waals surface area contributed by atoms with Crippen LogP contribution in [0.25, 0.3) is 0 Å². The summed E-state index contributed by atoms with van der Waals surface area (Å²) in [5.41, 5.74) is 8.77. The third-order valence-electron chi connectivity index (χ3n) is 3.70. The van der Waals surface area contributed by atoms with Gasteiger partial charge in [-0.2, -0.15) is 0 Å². The van der Waals surface area contributed by atoms with E-state index in [9.17, 15) is 4.79 Å². The molecule has 1 unspecified atom stereocenters. The maximum atomic E-state index is 11.7. The lowest BCUT2D eigenvalue weighted by atomic mass is 9.98. The normalized spacial score (nSPS) is 12.7. The van der Waals surface area contributed by atoms with Crippen molar-refractivity contribution >= 4 is 5.91 Å². The van der Waals surface area contributed by atoms with E-state index in [1.54, 1.807) is 0 Å². The number of nitrogens with zero attached hydrogens (tertiary/aromatic N) is 1. The van der Waals surface area contributed by atoms with Crippen LogP contribution in [0.1, 0.15) is 36.6 Å². The van der Waals surface area contributed by atoms with Gasteiger partial charge in [0.05, 0.1) is 0 Å². The summed E-state index contributed by atoms with van der Waals surface area (Å²) in [5, 5.41) is 3.29. The number of hydrogen-bond donors (Lipinski definition) is 2. The number of nitrogens with two attached hydrogens (primary N) is 1. The van der Waals surface area contributed by atoms with Gasteiger partial charge in [0.1, 0.15) is 6.04 Å². The Labute approximate surface area is 122 Å². The van der Waals surface area contributed by atoms with Gasteiger partial charge >= 0.3 is 0 Å². The smallest absolute Gasteiger partial charge is 0.239 e. The first-order chi connectivity index (χ1) is 9.49. The molecule has 0 aliphatic heterocycles. The Morgan fingerprint density at radius 1 is 1.30 bits per heavy atom. The van der Waals surface area contributed by atoms with Gasteiger partial charge in [-0.3, -0.25) is 4.79 Å². The van der Waals surface area contributed by atoms with E-state index < -0.39 is 6.04 Å². The fourth-order valence-electron chi connectivity index (χ4n) is 2.34. The highest BCUT2D eigenvalue weighted by Gasteiger charge is 2.19. The van der Waals surface area contributed by atoms with Crippen LogP contribution >= 0.6 is 0 Å². The molecule has 3 N–H and O–H groups in total. The highest BCUT2D eigenvalue weighted by atomic mass is 16.1. The van der Waals surface area contributed by atoms with Gasteiger partial charge in [-0.1, -0.05) is 37.6 Å². The van der Waals surface area contributed by atoms with E-state index in [2.05, 4.69) is 24.1 Å². The van der Waals surface area contributed by atoms with E-state index in [0.29, 0.717) is 0 Å². The fourth-order valence-corrected chi connectivity index (χ4v) is 2.34. The molecular formula is C16H27N3O. The molecule has 0 saturated carbocycles. The summed E-state index contributed by atoms with van der Waals surface area (Å²) in [6, 6.07) is 5.71. The summed E-state index contributed by atoms with van der Waals surface area (Å²) in [6.07, 6.45) is 0. The highest BCUT2D eigenvalue weighted by Crippen LogP contribution is 2.19. The molecule has 1 atom stereocenters. The topological polar surface area (TPSA) is 58.4 Å². The lowest BCUT2D eigenvalue weighted by Gasteiger charge is -2.22. The Morgan fingerprint density at radius 2 is 1.95 bits per heavy atom. The second kappa shape index (κ2) is 8.02. The van der Waals surface area contributed by atoms with Gasteiger partial charge in [0, 0.05) is 13.1 Å². The van der Waals surface area contributed by atoms with Crippen LogP contribution in [0.2, 0.25) is 0 Å². The summed E-state index contributed by atoms with van der Waals surface area (Å²) in [4.78, 5) is 14.0. The molecule has 0 saturated heterocycles. The summed E-state index contributed by atoms with van der Waals surface area (Å²) >= 11 is 0. The number of likely N-dealkylation sites (N-methyl/N-ethyl adjacent to an activating group) is 1. The van der Waals surface area contributed by atoms with Crippen molar-refractivity contribution in [3.05, 3.63) is 34.9 Å². The first-order valence-corrected chi connectivity index (χ1v) is 7.31. The zero-order chi connectivity index (χ0) is 15.1. The monoisotopic (exact) mass is 277 g/mol. The maximum Gasteiger partial charge on any atom is 0.239 e. The Kier molecular flexibility index (Phi) is 6.68. The van der Waals surface area contributed by atoms with Crippen molar-refractivity contribution in [1.29, 1.82) is 0 Å². The molecule has 0 aliphatic carbocycles. The molecule has 4 heteroatoms. The number of hydrogen-bond acceptors (Lipinski definition) is 3. The first kappa shape index (κ1) is 16.7. The van der Waals surface area contributed by atoms with Gasteiger partial charge in [0.15, 0.2) is 0 Å². The van der Waals surface area contributed by atoms with Gasteiger partial charge in [-0.05, 0) is 38.1 Å². The minimum Gasteiger partial charge on any atom is -0.368 e. The largest absolute Gasteiger partial charge is 0.368 e. The number of aryl methyl sites for hydroxylation is 2. The second-order valence-electron chi connectivity index (χ2n) is 5.18. The zero-order valence-electron chi connectivity index (χ0n) is 13.1. The fraction of sp³-hybridized carbons (Fsp3) is 0.562. The molecule has 0 heterocycles. The second-order valence-corrected chi connectivity index (χ2v) is 5.18. The zero-order valence-corrected chi connectivity index (χ0v) is 13.1. The van der Waals surface area contributed by atoms with Crippen molar-refractivity contribution < 1.29 is 4.79 Å². The van der Waals surface area contributed by atoms with Crippen LogP contribution in [0.15, 0.2) is 18.2 Å². The number of benzene rings is 1. The Bertz CT molecular complexity index is 441. The van der Waals surface area contributed by atoms with Crippen molar-refractivity contribution in [2.24, 2.45) is 5.73 Å². The molecule has 20 heavy (non-hydrogen) atoms. The molecule has 0 aromatic heterocycles. The molecule has 0 fully saturated rings. The van der Waals surface area contributed by atoms with Gasteiger partial charge in [0.25, 0.3) is 0 Å². The number of carbonyl (C=O) groups excluding carboxylic acids is 1. The lowest BCUT2D eigenvalue weighted by Crippen LogP contribution is -2.39. The molecule has 112 valence electrons. The van der Waals surface area contributed by atoms with Crippen LogP contribution < -0.4 is 11.1 Å². The van der Waals surface area contributed by atoms with Gasteiger partial charge in [-0.15, -0.1) is 0 Å². The summed E-state index contributed by atoms with van der Waals surface area (Å²) in [6.45, 7) is 12.0. The number of carbonyl (C=O) groups is 1. The number of primary amides is 1. The van der Waals surface area contributed by atoms with Crippen molar-refractivity contribution in [2.45, 2.75) is 33.7 Å². The first-order valence-electron chi connectivity index (χ1n) is 7.31. The quantitative estimate of drug-likeness (QED) is 0.761. The molecule has 0 spiro atoms. The Hall–Kier alpha value is -1.39. The van der Waals surface area contributed by atoms with E-state index in [0.717, 1.165) is 42.9 Å². The van der Waals surface area contributed by atoms with E-state index in [1.807, 2.05) is 32.0 Å². The SMILES string of the molecule is CCN(CC)CCNC(C(N)=O)c1cc(C)ccc1C. The van der Waals surface area contributed by atoms with Gasteiger partial charge < -0.3 is 16.0 Å². The van der Waals surface area contributed by atoms with Crippen LogP contribution in [-0.2, 0) is 4.79 Å². The third kappa shape index (κ3) is 4.62. The van der Waals surface area contributed by atoms with Crippen LogP contribution in [0.4, 0.5) is 0 Å². The van der Waals surface area contributed by atoms with E-state index in [4.69, 9.17) is 5.73 Å². The van der Waals surface area contributed by atoms with Crippen molar-refractivity contribution in [2.75, 3.05) is 26.2 Å². The maximum absolute atomic E-state index is 11.7. The predicted molar refractivity (Wildman–Crippen MR) is 83.6 cm³/mol. The summed E-state index contributed by atoms with van der Waals surface area (Å²) in [5.74, 6) is -0.321. The minimum atomic E-state index is -0.412. The molecule has 1 aromatic carbocycles. The molecule has 1 aromatic rings. The minimum absolute atomic E-state index is 0.321. The standard InChI is InChI=1S/C16H27N3O/c1-5-19(6-2)10-9-18-15(16(17)20)14-11-12(3)7-8-13(14)4/h7-8,11,15,18H,5-6,9-10H2,1-4H3,(H2,17,20). The Balaban J connectivity index is 2.75. The van der Waals surface area contributed by atoms with E-state index >= 15 is 0 Å². The summed E-state index contributed by atoms with van der Waals surface area (Å²) < 4.78 is 0. The third-order valence-corrected chi connectivity index (χ3v) is 3.70. The molecule has 1 amide bonds. The molecule has 0 bridgehead atoms. The average molecular weight is 277 g/mol. The van der Waals surface area contributed by atoms with Crippen molar-refractivity contribution in [1.82, 2.24) is 10.2 Å². The Morgan fingerprint density at radius 3 is 2.50 bits per heavy atom.